The summed E-state index contributed by atoms with van der Waals surface area (Å²) in [6.45, 7) is 1.84. The zero-order chi connectivity index (χ0) is 11.4. The summed E-state index contributed by atoms with van der Waals surface area (Å²) in [6, 6.07) is 5.29. The fourth-order valence-corrected chi connectivity index (χ4v) is 2.17. The third-order valence-electron chi connectivity index (χ3n) is 1.74. The van der Waals surface area contributed by atoms with Crippen LogP contribution >= 0.6 is 35.0 Å². The minimum Gasteiger partial charge on any atom is -0.409 e. The van der Waals surface area contributed by atoms with Crippen molar-refractivity contribution in [3.8, 4) is 0 Å². The minimum absolute atomic E-state index is 0.118. The maximum atomic E-state index is 8.48. The van der Waals surface area contributed by atoms with Crippen molar-refractivity contribution in [2.45, 2.75) is 17.1 Å². The molecule has 0 heterocycles. The van der Waals surface area contributed by atoms with Crippen LogP contribution in [0.2, 0.25) is 10.0 Å². The number of amidine groups is 1. The highest BCUT2D eigenvalue weighted by atomic mass is 35.5. The Hall–Kier alpha value is -0.580. The summed E-state index contributed by atoms with van der Waals surface area (Å²) in [5.41, 5.74) is 5.45. The smallest absolute Gasteiger partial charge is 0.152 e. The van der Waals surface area contributed by atoms with Crippen LogP contribution < -0.4 is 5.73 Å². The van der Waals surface area contributed by atoms with Gasteiger partial charge in [-0.2, -0.15) is 0 Å². The van der Waals surface area contributed by atoms with E-state index < -0.39 is 0 Å². The normalized spacial score (nSPS) is 13.9. The van der Waals surface area contributed by atoms with E-state index in [1.165, 1.54) is 11.8 Å². The molecular formula is C9H10Cl2N2OS. The van der Waals surface area contributed by atoms with E-state index in [0.29, 0.717) is 10.0 Å². The second-order valence-corrected chi connectivity index (χ2v) is 5.09. The molecule has 3 nitrogen and oxygen atoms in total. The van der Waals surface area contributed by atoms with Crippen LogP contribution in [0.25, 0.3) is 0 Å². The third kappa shape index (κ3) is 3.48. The highest BCUT2D eigenvalue weighted by Crippen LogP contribution is 2.30. The zero-order valence-corrected chi connectivity index (χ0v) is 10.3. The van der Waals surface area contributed by atoms with Crippen molar-refractivity contribution in [1.29, 1.82) is 0 Å². The molecular weight excluding hydrogens is 255 g/mol. The quantitative estimate of drug-likeness (QED) is 0.290. The van der Waals surface area contributed by atoms with Crippen LogP contribution in [0.5, 0.6) is 0 Å². The van der Waals surface area contributed by atoms with Gasteiger partial charge in [-0.1, -0.05) is 28.4 Å². The van der Waals surface area contributed by atoms with Crippen LogP contribution in [0.3, 0.4) is 0 Å². The van der Waals surface area contributed by atoms with Gasteiger partial charge in [-0.3, -0.25) is 0 Å². The van der Waals surface area contributed by atoms with Crippen molar-refractivity contribution < 1.29 is 5.21 Å². The monoisotopic (exact) mass is 264 g/mol. The van der Waals surface area contributed by atoms with Gasteiger partial charge in [0.1, 0.15) is 0 Å². The van der Waals surface area contributed by atoms with Crippen LogP contribution in [0.1, 0.15) is 6.92 Å². The first kappa shape index (κ1) is 12.5. The molecule has 0 radical (unpaired) electrons. The van der Waals surface area contributed by atoms with Crippen LogP contribution in [0, 0.1) is 0 Å². The predicted molar refractivity (Wildman–Crippen MR) is 65.2 cm³/mol. The summed E-state index contributed by atoms with van der Waals surface area (Å²) in [5.74, 6) is 0.172. The molecule has 0 bridgehead atoms. The summed E-state index contributed by atoms with van der Waals surface area (Å²) < 4.78 is 0. The summed E-state index contributed by atoms with van der Waals surface area (Å²) >= 11 is 13.1. The molecule has 0 saturated heterocycles. The largest absolute Gasteiger partial charge is 0.409 e. The third-order valence-corrected chi connectivity index (χ3v) is 3.60. The Balaban J connectivity index is 2.77. The molecule has 0 aliphatic rings. The van der Waals surface area contributed by atoms with E-state index in [2.05, 4.69) is 5.16 Å². The van der Waals surface area contributed by atoms with E-state index >= 15 is 0 Å². The highest BCUT2D eigenvalue weighted by Gasteiger charge is 2.10. The van der Waals surface area contributed by atoms with Crippen LogP contribution in [0.15, 0.2) is 28.3 Å². The molecule has 3 N–H and O–H groups in total. The number of halogens is 2. The van der Waals surface area contributed by atoms with Gasteiger partial charge in [0.25, 0.3) is 0 Å². The lowest BCUT2D eigenvalue weighted by molar-refractivity contribution is 0.317. The van der Waals surface area contributed by atoms with Gasteiger partial charge in [0, 0.05) is 4.90 Å². The molecule has 0 aromatic heterocycles. The Morgan fingerprint density at radius 2 is 2.13 bits per heavy atom. The van der Waals surface area contributed by atoms with Crippen molar-refractivity contribution in [1.82, 2.24) is 0 Å². The molecule has 0 fully saturated rings. The first-order valence-corrected chi connectivity index (χ1v) is 5.77. The van der Waals surface area contributed by atoms with E-state index in [1.54, 1.807) is 12.1 Å². The van der Waals surface area contributed by atoms with E-state index in [1.807, 2.05) is 13.0 Å². The van der Waals surface area contributed by atoms with Crippen molar-refractivity contribution in [3.63, 3.8) is 0 Å². The van der Waals surface area contributed by atoms with E-state index in [9.17, 15) is 0 Å². The van der Waals surface area contributed by atoms with Crippen LogP contribution in [-0.2, 0) is 0 Å². The van der Waals surface area contributed by atoms with Crippen LogP contribution in [0.4, 0.5) is 0 Å². The Bertz CT molecular complexity index is 384. The molecule has 82 valence electrons. The Kier molecular flexibility index (Phi) is 4.57. The first-order chi connectivity index (χ1) is 7.04. The van der Waals surface area contributed by atoms with Gasteiger partial charge < -0.3 is 10.9 Å². The van der Waals surface area contributed by atoms with Gasteiger partial charge in [0.15, 0.2) is 5.84 Å². The van der Waals surface area contributed by atoms with Crippen molar-refractivity contribution >= 4 is 40.8 Å². The number of oxime groups is 1. The minimum atomic E-state index is -0.118. The van der Waals surface area contributed by atoms with Gasteiger partial charge in [0.05, 0.1) is 15.3 Å². The lowest BCUT2D eigenvalue weighted by atomic mass is 10.4. The van der Waals surface area contributed by atoms with E-state index in [-0.39, 0.29) is 11.1 Å². The molecule has 1 aromatic carbocycles. The lowest BCUT2D eigenvalue weighted by Crippen LogP contribution is -2.23. The Labute approximate surface area is 102 Å². The summed E-state index contributed by atoms with van der Waals surface area (Å²) in [7, 11) is 0. The van der Waals surface area contributed by atoms with E-state index in [4.69, 9.17) is 34.1 Å². The summed E-state index contributed by atoms with van der Waals surface area (Å²) in [6.07, 6.45) is 0. The zero-order valence-electron chi connectivity index (χ0n) is 7.95. The van der Waals surface area contributed by atoms with Crippen molar-refractivity contribution in [2.24, 2.45) is 10.9 Å². The first-order valence-electron chi connectivity index (χ1n) is 4.13. The van der Waals surface area contributed by atoms with Crippen molar-refractivity contribution in [3.05, 3.63) is 28.2 Å². The number of nitrogens with two attached hydrogens (primary N) is 1. The second-order valence-electron chi connectivity index (χ2n) is 2.86. The Morgan fingerprint density at radius 3 is 2.67 bits per heavy atom. The molecule has 1 unspecified atom stereocenters. The van der Waals surface area contributed by atoms with Gasteiger partial charge in [-0.15, -0.1) is 11.8 Å². The number of thioether (sulfide) groups is 1. The number of rotatable bonds is 3. The van der Waals surface area contributed by atoms with Crippen molar-refractivity contribution in [2.75, 3.05) is 0 Å². The maximum absolute atomic E-state index is 8.48. The number of benzene rings is 1. The van der Waals surface area contributed by atoms with Gasteiger partial charge in [-0.25, -0.2) is 0 Å². The number of nitrogens with zero attached hydrogens (tertiary/aromatic N) is 1. The molecule has 0 aliphatic heterocycles. The molecule has 1 rings (SSSR count). The average molecular weight is 265 g/mol. The predicted octanol–water partition coefficient (Wildman–Crippen LogP) is 3.22. The Morgan fingerprint density at radius 1 is 1.47 bits per heavy atom. The molecule has 0 saturated carbocycles. The summed E-state index contributed by atoms with van der Waals surface area (Å²) in [4.78, 5) is 0.920. The topological polar surface area (TPSA) is 58.6 Å². The fourth-order valence-electron chi connectivity index (χ4n) is 0.896. The molecule has 0 spiro atoms. The maximum Gasteiger partial charge on any atom is 0.152 e. The average Bonchev–Trinajstić information content (AvgIpc) is 2.22. The van der Waals surface area contributed by atoms with Crippen LogP contribution in [-0.4, -0.2) is 16.3 Å². The summed E-state index contributed by atoms with van der Waals surface area (Å²) in [5, 5.41) is 12.3. The van der Waals surface area contributed by atoms with Gasteiger partial charge >= 0.3 is 0 Å². The standard InChI is InChI=1S/C9H10Cl2N2OS/c1-5(9(12)13-14)15-6-2-3-7(10)8(11)4-6/h2-5,14H,1H3,(H2,12,13). The van der Waals surface area contributed by atoms with Gasteiger partial charge in [0.2, 0.25) is 0 Å². The second kappa shape index (κ2) is 5.49. The number of hydrogen-bond acceptors (Lipinski definition) is 3. The van der Waals surface area contributed by atoms with Gasteiger partial charge in [-0.05, 0) is 25.1 Å². The lowest BCUT2D eigenvalue weighted by Gasteiger charge is -2.09. The number of hydrogen-bond donors (Lipinski definition) is 2. The highest BCUT2D eigenvalue weighted by molar-refractivity contribution is 8.00. The molecule has 15 heavy (non-hydrogen) atoms. The molecule has 0 aliphatic carbocycles. The molecule has 0 amide bonds. The molecule has 6 heteroatoms. The van der Waals surface area contributed by atoms with E-state index in [0.717, 1.165) is 4.90 Å². The fraction of sp³-hybridized carbons (Fsp3) is 0.222. The molecule has 1 aromatic rings. The molecule has 1 atom stereocenters. The SMILES string of the molecule is CC(Sc1ccc(Cl)c(Cl)c1)C(N)=NO.